The van der Waals surface area contributed by atoms with Crippen LogP contribution in [-0.2, 0) is 14.8 Å². The molecule has 0 spiro atoms. The zero-order valence-corrected chi connectivity index (χ0v) is 11.9. The van der Waals surface area contributed by atoms with Crippen LogP contribution < -0.4 is 15.8 Å². The molecule has 0 saturated heterocycles. The number of carbonyl (C=O) groups excluding carboxylic acids is 1. The van der Waals surface area contributed by atoms with E-state index in [-0.39, 0.29) is 18.2 Å². The topological polar surface area (TPSA) is 101 Å². The molecule has 0 bridgehead atoms. The molecule has 8 heteroatoms. The summed E-state index contributed by atoms with van der Waals surface area (Å²) in [5.41, 5.74) is 5.62. The van der Waals surface area contributed by atoms with Gasteiger partial charge in [-0.05, 0) is 18.4 Å². The maximum atomic E-state index is 11.4. The molecule has 0 fully saturated rings. The van der Waals surface area contributed by atoms with Crippen LogP contribution in [0.3, 0.4) is 0 Å². The molecule has 1 atom stereocenters. The summed E-state index contributed by atoms with van der Waals surface area (Å²) in [7, 11) is -3.28. The minimum Gasteiger partial charge on any atom is -0.354 e. The van der Waals surface area contributed by atoms with Gasteiger partial charge in [0.2, 0.25) is 15.9 Å². The van der Waals surface area contributed by atoms with Gasteiger partial charge in [-0.15, -0.1) is 0 Å². The number of hydrogen-bond donors (Lipinski definition) is 3. The monoisotopic (exact) mass is 283 g/mol. The molecule has 0 rings (SSSR count). The molecule has 0 radical (unpaired) electrons. The molecule has 0 aliphatic rings. The summed E-state index contributed by atoms with van der Waals surface area (Å²) in [6.45, 7) is 2.14. The van der Waals surface area contributed by atoms with Crippen molar-refractivity contribution in [3.8, 4) is 0 Å². The van der Waals surface area contributed by atoms with Gasteiger partial charge < -0.3 is 11.1 Å². The number of rotatable bonds is 9. The van der Waals surface area contributed by atoms with E-state index in [2.05, 4.69) is 10.0 Å². The van der Waals surface area contributed by atoms with Crippen LogP contribution in [0.25, 0.3) is 0 Å². The molecule has 17 heavy (non-hydrogen) atoms. The Morgan fingerprint density at radius 2 is 2.12 bits per heavy atom. The molecule has 0 heterocycles. The second kappa shape index (κ2) is 8.73. The van der Waals surface area contributed by atoms with E-state index < -0.39 is 16.1 Å². The molecule has 0 aromatic rings. The number of sulfonamides is 1. The molecule has 0 aromatic carbocycles. The van der Waals surface area contributed by atoms with Crippen LogP contribution in [0, 0.1) is 0 Å². The van der Waals surface area contributed by atoms with Crippen molar-refractivity contribution in [1.29, 1.82) is 0 Å². The highest BCUT2D eigenvalue weighted by Gasteiger charge is 2.14. The average Bonchev–Trinajstić information content (AvgIpc) is 2.25. The van der Waals surface area contributed by atoms with Gasteiger partial charge in [-0.3, -0.25) is 4.79 Å². The standard InChI is InChI=1S/C9H21N3O3S2/c1-3-12-17(14,15)7-5-11-9(13)8(10)4-6-16-2/h8,12H,3-7,10H2,1-2H3,(H,11,13)/t8-/m0/s1. The van der Waals surface area contributed by atoms with Crippen LogP contribution in [0.1, 0.15) is 13.3 Å². The lowest BCUT2D eigenvalue weighted by Crippen LogP contribution is -2.43. The Bertz CT molecular complexity index is 319. The van der Waals surface area contributed by atoms with Crippen LogP contribution in [0.4, 0.5) is 0 Å². The average molecular weight is 283 g/mol. The van der Waals surface area contributed by atoms with E-state index in [1.165, 1.54) is 0 Å². The van der Waals surface area contributed by atoms with Crippen molar-refractivity contribution in [2.24, 2.45) is 5.73 Å². The third-order valence-corrected chi connectivity index (χ3v) is 4.12. The first kappa shape index (κ1) is 16.7. The van der Waals surface area contributed by atoms with E-state index >= 15 is 0 Å². The van der Waals surface area contributed by atoms with Gasteiger partial charge >= 0.3 is 0 Å². The Kier molecular flexibility index (Phi) is 8.57. The Balaban J connectivity index is 3.85. The molecular weight excluding hydrogens is 262 g/mol. The number of nitrogens with two attached hydrogens (primary N) is 1. The molecule has 0 unspecified atom stereocenters. The minimum absolute atomic E-state index is 0.0845. The van der Waals surface area contributed by atoms with Crippen molar-refractivity contribution in [3.05, 3.63) is 0 Å². The number of amides is 1. The molecule has 0 aliphatic carbocycles. The van der Waals surface area contributed by atoms with Gasteiger partial charge in [0.05, 0.1) is 11.8 Å². The van der Waals surface area contributed by atoms with Crippen molar-refractivity contribution < 1.29 is 13.2 Å². The molecule has 1 amide bonds. The summed E-state index contributed by atoms with van der Waals surface area (Å²) in [5, 5.41) is 2.51. The predicted octanol–water partition coefficient (Wildman–Crippen LogP) is -0.878. The van der Waals surface area contributed by atoms with Crippen molar-refractivity contribution in [2.45, 2.75) is 19.4 Å². The van der Waals surface area contributed by atoms with E-state index in [0.29, 0.717) is 13.0 Å². The fourth-order valence-corrected chi connectivity index (χ4v) is 2.55. The van der Waals surface area contributed by atoms with Crippen LogP contribution in [0.5, 0.6) is 0 Å². The molecule has 102 valence electrons. The predicted molar refractivity (Wildman–Crippen MR) is 71.4 cm³/mol. The third kappa shape index (κ3) is 8.42. The normalized spacial score (nSPS) is 13.4. The lowest BCUT2D eigenvalue weighted by molar-refractivity contribution is -0.122. The Morgan fingerprint density at radius 1 is 1.47 bits per heavy atom. The van der Waals surface area contributed by atoms with Gasteiger partial charge in [-0.2, -0.15) is 11.8 Å². The number of thioether (sulfide) groups is 1. The van der Waals surface area contributed by atoms with Crippen molar-refractivity contribution >= 4 is 27.7 Å². The van der Waals surface area contributed by atoms with Crippen LogP contribution in [-0.4, -0.2) is 51.2 Å². The summed E-state index contributed by atoms with van der Waals surface area (Å²) in [4.78, 5) is 11.4. The van der Waals surface area contributed by atoms with E-state index in [9.17, 15) is 13.2 Å². The first-order chi connectivity index (χ1) is 7.93. The SMILES string of the molecule is CCNS(=O)(=O)CCNC(=O)[C@@H](N)CCSC. The molecule has 0 aromatic heterocycles. The van der Waals surface area contributed by atoms with Crippen LogP contribution in [0.2, 0.25) is 0 Å². The van der Waals surface area contributed by atoms with Crippen molar-refractivity contribution in [2.75, 3.05) is 30.9 Å². The number of carbonyl (C=O) groups is 1. The van der Waals surface area contributed by atoms with E-state index in [1.807, 2.05) is 6.26 Å². The second-order valence-electron chi connectivity index (χ2n) is 3.50. The Hall–Kier alpha value is -0.310. The van der Waals surface area contributed by atoms with Gasteiger partial charge in [0.15, 0.2) is 0 Å². The van der Waals surface area contributed by atoms with Gasteiger partial charge in [0.1, 0.15) is 0 Å². The molecule has 0 aliphatic heterocycles. The van der Waals surface area contributed by atoms with E-state index in [4.69, 9.17) is 5.73 Å². The summed E-state index contributed by atoms with van der Waals surface area (Å²) >= 11 is 1.62. The summed E-state index contributed by atoms with van der Waals surface area (Å²) in [6, 6.07) is -0.565. The Morgan fingerprint density at radius 3 is 2.65 bits per heavy atom. The fraction of sp³-hybridized carbons (Fsp3) is 0.889. The van der Waals surface area contributed by atoms with Gasteiger partial charge in [0.25, 0.3) is 0 Å². The molecule has 6 nitrogen and oxygen atoms in total. The summed E-state index contributed by atoms with van der Waals surface area (Å²) in [5.74, 6) is 0.386. The zero-order valence-electron chi connectivity index (χ0n) is 10.2. The van der Waals surface area contributed by atoms with Gasteiger partial charge in [-0.1, -0.05) is 6.92 Å². The van der Waals surface area contributed by atoms with Crippen LogP contribution >= 0.6 is 11.8 Å². The van der Waals surface area contributed by atoms with Gasteiger partial charge in [0, 0.05) is 13.1 Å². The first-order valence-corrected chi connectivity index (χ1v) is 8.47. The van der Waals surface area contributed by atoms with E-state index in [0.717, 1.165) is 5.75 Å². The van der Waals surface area contributed by atoms with Crippen molar-refractivity contribution in [3.63, 3.8) is 0 Å². The third-order valence-electron chi connectivity index (χ3n) is 2.00. The lowest BCUT2D eigenvalue weighted by atomic mass is 10.2. The number of nitrogens with one attached hydrogen (secondary N) is 2. The zero-order chi connectivity index (χ0) is 13.3. The first-order valence-electron chi connectivity index (χ1n) is 5.42. The second-order valence-corrected chi connectivity index (χ2v) is 6.41. The maximum Gasteiger partial charge on any atom is 0.236 e. The highest BCUT2D eigenvalue weighted by atomic mass is 32.2. The molecular formula is C9H21N3O3S2. The summed E-state index contributed by atoms with van der Waals surface area (Å²) < 4.78 is 24.9. The van der Waals surface area contributed by atoms with Crippen molar-refractivity contribution in [1.82, 2.24) is 10.0 Å². The van der Waals surface area contributed by atoms with Gasteiger partial charge in [-0.25, -0.2) is 13.1 Å². The highest BCUT2D eigenvalue weighted by Crippen LogP contribution is 1.98. The maximum absolute atomic E-state index is 11.4. The van der Waals surface area contributed by atoms with Crippen LogP contribution in [0.15, 0.2) is 0 Å². The molecule has 0 saturated carbocycles. The largest absolute Gasteiger partial charge is 0.354 e. The highest BCUT2D eigenvalue weighted by molar-refractivity contribution is 7.98. The fourth-order valence-electron chi connectivity index (χ4n) is 1.11. The number of hydrogen-bond acceptors (Lipinski definition) is 5. The quantitative estimate of drug-likeness (QED) is 0.510. The summed E-state index contributed by atoms with van der Waals surface area (Å²) in [6.07, 6.45) is 2.53. The van der Waals surface area contributed by atoms with E-state index in [1.54, 1.807) is 18.7 Å². The Labute approximate surface area is 107 Å². The minimum atomic E-state index is -3.28. The lowest BCUT2D eigenvalue weighted by Gasteiger charge is -2.11. The smallest absolute Gasteiger partial charge is 0.236 e. The molecule has 4 N–H and O–H groups in total.